The second-order valence-corrected chi connectivity index (χ2v) is 5.08. The topological polar surface area (TPSA) is 90.7 Å². The van der Waals surface area contributed by atoms with E-state index in [0.717, 1.165) is 11.3 Å². The number of ether oxygens (including phenoxy) is 2. The molecule has 0 aliphatic carbocycles. The highest BCUT2D eigenvalue weighted by molar-refractivity contribution is 5.92. The number of carbonyl (C=O) groups excluding carboxylic acids is 2. The average Bonchev–Trinajstić information content (AvgIpc) is 2.55. The molecular weight excluding hydrogens is 308 g/mol. The van der Waals surface area contributed by atoms with Crippen LogP contribution in [0.25, 0.3) is 0 Å². The molecule has 126 valence electrons. The van der Waals surface area contributed by atoms with Gasteiger partial charge in [0.15, 0.2) is 6.61 Å². The van der Waals surface area contributed by atoms with Gasteiger partial charge in [-0.2, -0.15) is 0 Å². The highest BCUT2D eigenvalue weighted by Gasteiger charge is 2.06. The average molecular weight is 328 g/mol. The molecular formula is C18H20N2O4. The van der Waals surface area contributed by atoms with Crippen LogP contribution in [-0.2, 0) is 16.0 Å². The normalized spacial score (nSPS) is 10.0. The number of hydrogen-bond donors (Lipinski definition) is 2. The number of hydrogen-bond acceptors (Lipinski definition) is 4. The number of nitrogens with one attached hydrogen (secondary N) is 1. The quantitative estimate of drug-likeness (QED) is 0.776. The number of rotatable bonds is 8. The number of amides is 2. The van der Waals surface area contributed by atoms with Crippen molar-refractivity contribution in [3.05, 3.63) is 54.1 Å². The molecule has 0 bridgehead atoms. The third-order valence-corrected chi connectivity index (χ3v) is 3.10. The van der Waals surface area contributed by atoms with Crippen LogP contribution in [-0.4, -0.2) is 25.0 Å². The lowest BCUT2D eigenvalue weighted by Gasteiger charge is -2.09. The molecule has 0 saturated heterocycles. The Labute approximate surface area is 140 Å². The zero-order chi connectivity index (χ0) is 17.4. The maximum absolute atomic E-state index is 12.1. The molecule has 0 fully saturated rings. The summed E-state index contributed by atoms with van der Waals surface area (Å²) < 4.78 is 10.6. The van der Waals surface area contributed by atoms with Crippen molar-refractivity contribution in [1.82, 2.24) is 0 Å². The Bertz CT molecular complexity index is 698. The van der Waals surface area contributed by atoms with Crippen LogP contribution in [0.3, 0.4) is 0 Å². The summed E-state index contributed by atoms with van der Waals surface area (Å²) in [6, 6.07) is 14.2. The van der Waals surface area contributed by atoms with E-state index in [1.165, 1.54) is 0 Å². The van der Waals surface area contributed by atoms with Gasteiger partial charge in [-0.1, -0.05) is 18.2 Å². The minimum absolute atomic E-state index is 0.147. The zero-order valence-electron chi connectivity index (χ0n) is 13.5. The van der Waals surface area contributed by atoms with Gasteiger partial charge in [-0.15, -0.1) is 0 Å². The van der Waals surface area contributed by atoms with E-state index in [2.05, 4.69) is 5.32 Å². The SMILES string of the molecule is CCOc1ccc(CC(=O)Nc2cccc(OCC(N)=O)c2)cc1. The minimum Gasteiger partial charge on any atom is -0.494 e. The maximum Gasteiger partial charge on any atom is 0.255 e. The number of anilines is 1. The van der Waals surface area contributed by atoms with Gasteiger partial charge in [-0.3, -0.25) is 9.59 Å². The first-order valence-electron chi connectivity index (χ1n) is 7.59. The Balaban J connectivity index is 1.91. The van der Waals surface area contributed by atoms with Gasteiger partial charge in [0.2, 0.25) is 5.91 Å². The first-order valence-corrected chi connectivity index (χ1v) is 7.59. The maximum atomic E-state index is 12.1. The molecule has 0 atom stereocenters. The van der Waals surface area contributed by atoms with Crippen LogP contribution < -0.4 is 20.5 Å². The largest absolute Gasteiger partial charge is 0.494 e. The van der Waals surface area contributed by atoms with Gasteiger partial charge in [-0.05, 0) is 36.8 Å². The Morgan fingerprint density at radius 2 is 1.79 bits per heavy atom. The second-order valence-electron chi connectivity index (χ2n) is 5.08. The monoisotopic (exact) mass is 328 g/mol. The van der Waals surface area contributed by atoms with Crippen LogP contribution in [0.2, 0.25) is 0 Å². The molecule has 2 amide bonds. The van der Waals surface area contributed by atoms with Crippen LogP contribution in [0, 0.1) is 0 Å². The van der Waals surface area contributed by atoms with Crippen molar-refractivity contribution < 1.29 is 19.1 Å². The summed E-state index contributed by atoms with van der Waals surface area (Å²) in [5.74, 6) is 0.541. The fourth-order valence-electron chi connectivity index (χ4n) is 2.08. The van der Waals surface area contributed by atoms with E-state index < -0.39 is 5.91 Å². The van der Waals surface area contributed by atoms with Crippen molar-refractivity contribution in [2.45, 2.75) is 13.3 Å². The van der Waals surface area contributed by atoms with Crippen molar-refractivity contribution in [3.63, 3.8) is 0 Å². The van der Waals surface area contributed by atoms with Crippen LogP contribution in [0.15, 0.2) is 48.5 Å². The second kappa shape index (κ2) is 8.57. The molecule has 2 rings (SSSR count). The Kier molecular flexibility index (Phi) is 6.19. The standard InChI is InChI=1S/C18H20N2O4/c1-2-23-15-8-6-13(7-9-15)10-18(22)20-14-4-3-5-16(11-14)24-12-17(19)21/h3-9,11H,2,10,12H2,1H3,(H2,19,21)(H,20,22). The molecule has 0 radical (unpaired) electrons. The van der Waals surface area contributed by atoms with Gasteiger partial charge in [0.1, 0.15) is 11.5 Å². The number of benzene rings is 2. The fourth-order valence-corrected chi connectivity index (χ4v) is 2.08. The molecule has 0 aliphatic heterocycles. The van der Waals surface area contributed by atoms with Crippen molar-refractivity contribution in [1.29, 1.82) is 0 Å². The molecule has 2 aromatic rings. The zero-order valence-corrected chi connectivity index (χ0v) is 13.5. The lowest BCUT2D eigenvalue weighted by Crippen LogP contribution is -2.20. The summed E-state index contributed by atoms with van der Waals surface area (Å²) in [5, 5.41) is 2.79. The van der Waals surface area contributed by atoms with Crippen LogP contribution in [0.4, 0.5) is 5.69 Å². The van der Waals surface area contributed by atoms with E-state index in [-0.39, 0.29) is 18.9 Å². The highest BCUT2D eigenvalue weighted by Crippen LogP contribution is 2.18. The predicted octanol–water partition coefficient (Wildman–Crippen LogP) is 2.13. The van der Waals surface area contributed by atoms with E-state index in [1.54, 1.807) is 24.3 Å². The number of nitrogens with two attached hydrogens (primary N) is 1. The van der Waals surface area contributed by atoms with Gasteiger partial charge in [0.05, 0.1) is 13.0 Å². The van der Waals surface area contributed by atoms with Gasteiger partial charge >= 0.3 is 0 Å². The van der Waals surface area contributed by atoms with E-state index in [4.69, 9.17) is 15.2 Å². The van der Waals surface area contributed by atoms with Gasteiger partial charge in [0, 0.05) is 11.8 Å². The molecule has 3 N–H and O–H groups in total. The Morgan fingerprint density at radius 3 is 2.46 bits per heavy atom. The molecule has 6 nitrogen and oxygen atoms in total. The first kappa shape index (κ1) is 17.3. The van der Waals surface area contributed by atoms with E-state index in [9.17, 15) is 9.59 Å². The molecule has 0 saturated carbocycles. The Hall–Kier alpha value is -3.02. The van der Waals surface area contributed by atoms with Gasteiger partial charge in [-0.25, -0.2) is 0 Å². The smallest absolute Gasteiger partial charge is 0.255 e. The molecule has 2 aromatic carbocycles. The van der Waals surface area contributed by atoms with Crippen LogP contribution >= 0.6 is 0 Å². The van der Waals surface area contributed by atoms with Crippen molar-refractivity contribution in [2.24, 2.45) is 5.73 Å². The lowest BCUT2D eigenvalue weighted by atomic mass is 10.1. The third-order valence-electron chi connectivity index (χ3n) is 3.10. The Morgan fingerprint density at radius 1 is 1.04 bits per heavy atom. The molecule has 24 heavy (non-hydrogen) atoms. The molecule has 6 heteroatoms. The van der Waals surface area contributed by atoms with Gasteiger partial charge in [0.25, 0.3) is 5.91 Å². The van der Waals surface area contributed by atoms with Crippen molar-refractivity contribution >= 4 is 17.5 Å². The van der Waals surface area contributed by atoms with Crippen LogP contribution in [0.5, 0.6) is 11.5 Å². The molecule has 0 heterocycles. The number of carbonyl (C=O) groups is 2. The highest BCUT2D eigenvalue weighted by atomic mass is 16.5. The minimum atomic E-state index is -0.556. The summed E-state index contributed by atoms with van der Waals surface area (Å²) in [6.45, 7) is 2.32. The summed E-state index contributed by atoms with van der Waals surface area (Å²) in [6.07, 6.45) is 0.249. The summed E-state index contributed by atoms with van der Waals surface area (Å²) in [7, 11) is 0. The summed E-state index contributed by atoms with van der Waals surface area (Å²) >= 11 is 0. The van der Waals surface area contributed by atoms with E-state index in [0.29, 0.717) is 18.0 Å². The molecule has 0 aliphatic rings. The molecule has 0 unspecified atom stereocenters. The van der Waals surface area contributed by atoms with E-state index >= 15 is 0 Å². The van der Waals surface area contributed by atoms with Gasteiger partial charge < -0.3 is 20.5 Å². The molecule has 0 aromatic heterocycles. The van der Waals surface area contributed by atoms with E-state index in [1.807, 2.05) is 31.2 Å². The summed E-state index contributed by atoms with van der Waals surface area (Å²) in [4.78, 5) is 22.8. The lowest BCUT2D eigenvalue weighted by molar-refractivity contribution is -0.120. The fraction of sp³-hybridized carbons (Fsp3) is 0.222. The van der Waals surface area contributed by atoms with Crippen LogP contribution in [0.1, 0.15) is 12.5 Å². The summed E-state index contributed by atoms with van der Waals surface area (Å²) in [5.41, 5.74) is 6.51. The molecule has 0 spiro atoms. The number of primary amides is 1. The first-order chi connectivity index (χ1) is 11.6. The van der Waals surface area contributed by atoms with Crippen molar-refractivity contribution in [3.8, 4) is 11.5 Å². The predicted molar refractivity (Wildman–Crippen MR) is 91.1 cm³/mol. The van der Waals surface area contributed by atoms with Crippen molar-refractivity contribution in [2.75, 3.05) is 18.5 Å². The third kappa shape index (κ3) is 5.64.